The fourth-order valence-electron chi connectivity index (χ4n) is 2.00. The van der Waals surface area contributed by atoms with Crippen molar-refractivity contribution in [3.8, 4) is 11.5 Å². The summed E-state index contributed by atoms with van der Waals surface area (Å²) in [6.07, 6.45) is 1.74. The third-order valence-corrected chi connectivity index (χ3v) is 3.34. The molecule has 0 unspecified atom stereocenters. The first-order valence-electron chi connectivity index (χ1n) is 7.02. The third-order valence-electron chi connectivity index (χ3n) is 3.34. The number of ether oxygens (including phenoxy) is 2. The average molecular weight is 298 g/mol. The summed E-state index contributed by atoms with van der Waals surface area (Å²) in [5, 5.41) is 0. The molecule has 0 aromatic heterocycles. The molecule has 0 aliphatic heterocycles. The third kappa shape index (κ3) is 4.19. The van der Waals surface area contributed by atoms with Crippen molar-refractivity contribution < 1.29 is 19.1 Å². The van der Waals surface area contributed by atoms with E-state index in [1.807, 2.05) is 25.1 Å². The van der Waals surface area contributed by atoms with Gasteiger partial charge in [0.2, 0.25) is 0 Å². The fraction of sp³-hybridized carbons (Fsp3) is 0.222. The number of methoxy groups -OCH3 is 1. The standard InChI is InChI=1S/C18H18O4/c1-13-3-4-14(7-10-18(20)21-2)11-17(13)22-16-8-5-15(12-19)6-9-16/h3-6,8-9,11-12H,7,10H2,1-2H3. The molecule has 2 rings (SSSR count). The van der Waals surface area contributed by atoms with Crippen LogP contribution in [0.1, 0.15) is 27.9 Å². The van der Waals surface area contributed by atoms with Gasteiger partial charge in [0.25, 0.3) is 0 Å². The number of hydrogen-bond donors (Lipinski definition) is 0. The van der Waals surface area contributed by atoms with Gasteiger partial charge >= 0.3 is 5.97 Å². The van der Waals surface area contributed by atoms with Crippen LogP contribution < -0.4 is 4.74 Å². The second kappa shape index (κ2) is 7.41. The highest BCUT2D eigenvalue weighted by atomic mass is 16.5. The van der Waals surface area contributed by atoms with E-state index in [9.17, 15) is 9.59 Å². The Kier molecular flexibility index (Phi) is 5.31. The number of carbonyl (C=O) groups is 2. The van der Waals surface area contributed by atoms with E-state index < -0.39 is 0 Å². The molecule has 0 aliphatic carbocycles. The zero-order chi connectivity index (χ0) is 15.9. The Morgan fingerprint density at radius 2 is 1.86 bits per heavy atom. The Morgan fingerprint density at radius 3 is 2.50 bits per heavy atom. The van der Waals surface area contributed by atoms with Crippen LogP contribution in [0.3, 0.4) is 0 Å². The van der Waals surface area contributed by atoms with Gasteiger partial charge in [-0.2, -0.15) is 0 Å². The van der Waals surface area contributed by atoms with Gasteiger partial charge in [-0.1, -0.05) is 12.1 Å². The predicted octanol–water partition coefficient (Wildman–Crippen LogP) is 3.71. The van der Waals surface area contributed by atoms with Gasteiger partial charge in [0.05, 0.1) is 7.11 Å². The Labute approximate surface area is 129 Å². The van der Waals surface area contributed by atoms with Crippen LogP contribution in [-0.4, -0.2) is 19.4 Å². The number of hydrogen-bond acceptors (Lipinski definition) is 4. The molecular formula is C18H18O4. The number of benzene rings is 2. The molecule has 4 heteroatoms. The van der Waals surface area contributed by atoms with E-state index in [0.29, 0.717) is 24.2 Å². The van der Waals surface area contributed by atoms with Crippen LogP contribution in [0.15, 0.2) is 42.5 Å². The van der Waals surface area contributed by atoms with Crippen LogP contribution in [0.2, 0.25) is 0 Å². The van der Waals surface area contributed by atoms with E-state index in [0.717, 1.165) is 23.2 Å². The van der Waals surface area contributed by atoms with Crippen molar-refractivity contribution in [1.82, 2.24) is 0 Å². The molecule has 114 valence electrons. The first kappa shape index (κ1) is 15.8. The highest BCUT2D eigenvalue weighted by Gasteiger charge is 2.06. The van der Waals surface area contributed by atoms with Crippen molar-refractivity contribution in [2.45, 2.75) is 19.8 Å². The van der Waals surface area contributed by atoms with Crippen LogP contribution >= 0.6 is 0 Å². The molecule has 0 heterocycles. The summed E-state index contributed by atoms with van der Waals surface area (Å²) >= 11 is 0. The molecule has 0 amide bonds. The SMILES string of the molecule is COC(=O)CCc1ccc(C)c(Oc2ccc(C=O)cc2)c1. The summed E-state index contributed by atoms with van der Waals surface area (Å²) in [7, 11) is 1.38. The molecule has 0 saturated carbocycles. The lowest BCUT2D eigenvalue weighted by atomic mass is 10.1. The zero-order valence-electron chi connectivity index (χ0n) is 12.7. The van der Waals surface area contributed by atoms with Gasteiger partial charge in [0.1, 0.15) is 17.8 Å². The largest absolute Gasteiger partial charge is 0.469 e. The van der Waals surface area contributed by atoms with Crippen molar-refractivity contribution >= 4 is 12.3 Å². The summed E-state index contributed by atoms with van der Waals surface area (Å²) in [6.45, 7) is 1.96. The van der Waals surface area contributed by atoms with E-state index >= 15 is 0 Å². The zero-order valence-corrected chi connectivity index (χ0v) is 12.7. The highest BCUT2D eigenvalue weighted by Crippen LogP contribution is 2.26. The van der Waals surface area contributed by atoms with Crippen molar-refractivity contribution in [2.24, 2.45) is 0 Å². The van der Waals surface area contributed by atoms with Crippen LogP contribution in [-0.2, 0) is 16.0 Å². The fourth-order valence-corrected chi connectivity index (χ4v) is 2.00. The molecule has 0 spiro atoms. The molecular weight excluding hydrogens is 280 g/mol. The number of aryl methyl sites for hydroxylation is 2. The maximum Gasteiger partial charge on any atom is 0.305 e. The minimum Gasteiger partial charge on any atom is -0.469 e. The molecule has 22 heavy (non-hydrogen) atoms. The molecule has 0 fully saturated rings. The first-order valence-corrected chi connectivity index (χ1v) is 7.02. The van der Waals surface area contributed by atoms with Gasteiger partial charge < -0.3 is 9.47 Å². The Morgan fingerprint density at radius 1 is 1.14 bits per heavy atom. The lowest BCUT2D eigenvalue weighted by Crippen LogP contribution is -2.02. The molecule has 0 N–H and O–H groups in total. The number of carbonyl (C=O) groups excluding carboxylic acids is 2. The van der Waals surface area contributed by atoms with Crippen molar-refractivity contribution in [3.05, 3.63) is 59.2 Å². The summed E-state index contributed by atoms with van der Waals surface area (Å²) < 4.78 is 10.5. The normalized spacial score (nSPS) is 10.1. The summed E-state index contributed by atoms with van der Waals surface area (Å²) in [5.74, 6) is 1.17. The molecule has 0 aliphatic rings. The number of aldehydes is 1. The average Bonchev–Trinajstić information content (AvgIpc) is 2.55. The van der Waals surface area contributed by atoms with Gasteiger partial charge in [-0.15, -0.1) is 0 Å². The van der Waals surface area contributed by atoms with Crippen molar-refractivity contribution in [2.75, 3.05) is 7.11 Å². The van der Waals surface area contributed by atoms with E-state index in [-0.39, 0.29) is 5.97 Å². The van der Waals surface area contributed by atoms with Crippen molar-refractivity contribution in [3.63, 3.8) is 0 Å². The van der Waals surface area contributed by atoms with E-state index in [1.165, 1.54) is 7.11 Å². The Bertz CT molecular complexity index is 659. The predicted molar refractivity (Wildman–Crippen MR) is 83.4 cm³/mol. The molecule has 0 saturated heterocycles. The van der Waals surface area contributed by atoms with E-state index in [2.05, 4.69) is 4.74 Å². The minimum absolute atomic E-state index is 0.229. The molecule has 4 nitrogen and oxygen atoms in total. The molecule has 0 radical (unpaired) electrons. The van der Waals surface area contributed by atoms with Gasteiger partial charge in [-0.3, -0.25) is 9.59 Å². The molecule has 2 aromatic rings. The Hall–Kier alpha value is -2.62. The smallest absolute Gasteiger partial charge is 0.305 e. The quantitative estimate of drug-likeness (QED) is 0.602. The van der Waals surface area contributed by atoms with Crippen LogP contribution in [0.5, 0.6) is 11.5 Å². The Balaban J connectivity index is 2.11. The lowest BCUT2D eigenvalue weighted by molar-refractivity contribution is -0.140. The van der Waals surface area contributed by atoms with Crippen LogP contribution in [0.4, 0.5) is 0 Å². The number of esters is 1. The second-order valence-corrected chi connectivity index (χ2v) is 4.96. The van der Waals surface area contributed by atoms with Crippen LogP contribution in [0.25, 0.3) is 0 Å². The highest BCUT2D eigenvalue weighted by molar-refractivity contribution is 5.74. The summed E-state index contributed by atoms with van der Waals surface area (Å²) in [5.41, 5.74) is 2.62. The van der Waals surface area contributed by atoms with Gasteiger partial charge in [-0.25, -0.2) is 0 Å². The second-order valence-electron chi connectivity index (χ2n) is 4.96. The minimum atomic E-state index is -0.229. The molecule has 2 aromatic carbocycles. The maximum absolute atomic E-state index is 11.2. The maximum atomic E-state index is 11.2. The number of rotatable bonds is 6. The lowest BCUT2D eigenvalue weighted by Gasteiger charge is -2.11. The first-order chi connectivity index (χ1) is 10.6. The summed E-state index contributed by atoms with van der Waals surface area (Å²) in [4.78, 5) is 21.9. The van der Waals surface area contributed by atoms with Gasteiger partial charge in [0.15, 0.2) is 0 Å². The molecule has 0 bridgehead atoms. The van der Waals surface area contributed by atoms with E-state index in [1.54, 1.807) is 24.3 Å². The van der Waals surface area contributed by atoms with E-state index in [4.69, 9.17) is 4.74 Å². The van der Waals surface area contributed by atoms with Crippen LogP contribution in [0, 0.1) is 6.92 Å². The molecule has 0 atom stereocenters. The van der Waals surface area contributed by atoms with Crippen molar-refractivity contribution in [1.29, 1.82) is 0 Å². The van der Waals surface area contributed by atoms with Gasteiger partial charge in [-0.05, 0) is 54.8 Å². The monoisotopic (exact) mass is 298 g/mol. The summed E-state index contributed by atoms with van der Waals surface area (Å²) in [6, 6.07) is 12.8. The topological polar surface area (TPSA) is 52.6 Å². The van der Waals surface area contributed by atoms with Gasteiger partial charge in [0, 0.05) is 12.0 Å².